The van der Waals surface area contributed by atoms with Crippen molar-refractivity contribution in [1.82, 2.24) is 4.90 Å². The van der Waals surface area contributed by atoms with Crippen LogP contribution in [0.3, 0.4) is 0 Å². The van der Waals surface area contributed by atoms with Crippen LogP contribution in [0, 0.1) is 11.6 Å². The fourth-order valence-electron chi connectivity index (χ4n) is 3.51. The van der Waals surface area contributed by atoms with Gasteiger partial charge in [0, 0.05) is 25.2 Å². The van der Waals surface area contributed by atoms with E-state index in [-0.39, 0.29) is 18.9 Å². The van der Waals surface area contributed by atoms with Crippen LogP contribution in [-0.2, 0) is 0 Å². The molecular formula is C19H29F2NO3. The molecule has 0 radical (unpaired) electrons. The number of piperidine rings is 1. The van der Waals surface area contributed by atoms with Gasteiger partial charge in [-0.3, -0.25) is 4.90 Å². The lowest BCUT2D eigenvalue weighted by Crippen LogP contribution is -2.61. The van der Waals surface area contributed by atoms with E-state index in [9.17, 15) is 19.0 Å². The lowest BCUT2D eigenvalue weighted by atomic mass is 9.88. The molecule has 2 rings (SSSR count). The van der Waals surface area contributed by atoms with Gasteiger partial charge in [0.1, 0.15) is 18.0 Å². The summed E-state index contributed by atoms with van der Waals surface area (Å²) in [6.07, 6.45) is 3.62. The molecule has 0 amide bonds. The minimum absolute atomic E-state index is 0.253. The lowest BCUT2D eigenvalue weighted by Gasteiger charge is -2.45. The molecule has 1 aromatic carbocycles. The quantitative estimate of drug-likeness (QED) is 0.751. The summed E-state index contributed by atoms with van der Waals surface area (Å²) in [5, 5.41) is 21.1. The number of rotatable bonds is 8. The number of benzene rings is 1. The third-order valence-corrected chi connectivity index (χ3v) is 4.92. The van der Waals surface area contributed by atoms with E-state index < -0.39 is 23.3 Å². The van der Waals surface area contributed by atoms with Crippen molar-refractivity contribution >= 4 is 0 Å². The smallest absolute Gasteiger partial charge is 0.165 e. The van der Waals surface area contributed by atoms with Gasteiger partial charge in [0.25, 0.3) is 0 Å². The SMILES string of the molecule is CCCC(CCC)N1CC[C@H](O)[C@@](O)(COc2cc(F)ccc2F)C1. The highest BCUT2D eigenvalue weighted by Crippen LogP contribution is 2.28. The van der Waals surface area contributed by atoms with Crippen molar-refractivity contribution in [2.75, 3.05) is 19.7 Å². The summed E-state index contributed by atoms with van der Waals surface area (Å²) in [4.78, 5) is 2.19. The van der Waals surface area contributed by atoms with Gasteiger partial charge >= 0.3 is 0 Å². The van der Waals surface area contributed by atoms with Gasteiger partial charge in [-0.25, -0.2) is 8.78 Å². The normalized spacial score (nSPS) is 24.7. The third-order valence-electron chi connectivity index (χ3n) is 4.92. The molecule has 0 bridgehead atoms. The summed E-state index contributed by atoms with van der Waals surface area (Å²) in [7, 11) is 0. The van der Waals surface area contributed by atoms with Crippen molar-refractivity contribution in [3.63, 3.8) is 0 Å². The van der Waals surface area contributed by atoms with E-state index in [4.69, 9.17) is 4.74 Å². The molecule has 1 fully saturated rings. The van der Waals surface area contributed by atoms with Crippen LogP contribution < -0.4 is 4.74 Å². The zero-order valence-corrected chi connectivity index (χ0v) is 15.0. The maximum absolute atomic E-state index is 13.7. The number of aliphatic hydroxyl groups excluding tert-OH is 1. The Bertz CT molecular complexity index is 551. The van der Waals surface area contributed by atoms with Crippen LogP contribution in [0.4, 0.5) is 8.78 Å². The molecule has 2 N–H and O–H groups in total. The number of hydrogen-bond donors (Lipinski definition) is 2. The second-order valence-corrected chi connectivity index (χ2v) is 6.97. The minimum atomic E-state index is -1.50. The van der Waals surface area contributed by atoms with Gasteiger partial charge in [-0.1, -0.05) is 26.7 Å². The van der Waals surface area contributed by atoms with Crippen LogP contribution in [-0.4, -0.2) is 52.6 Å². The van der Waals surface area contributed by atoms with E-state index in [1.54, 1.807) is 0 Å². The first kappa shape index (κ1) is 20.1. The number of ether oxygens (including phenoxy) is 1. The summed E-state index contributed by atoms with van der Waals surface area (Å²) in [6, 6.07) is 3.29. The van der Waals surface area contributed by atoms with Crippen LogP contribution in [0.1, 0.15) is 46.0 Å². The maximum Gasteiger partial charge on any atom is 0.165 e. The van der Waals surface area contributed by atoms with Crippen molar-refractivity contribution in [2.45, 2.75) is 63.7 Å². The Balaban J connectivity index is 2.06. The largest absolute Gasteiger partial charge is 0.487 e. The Hall–Kier alpha value is -1.24. The predicted octanol–water partition coefficient (Wildman–Crippen LogP) is 3.11. The number of β-amino-alcohol motifs (C(OH)–C–C–N with tert-alkyl or cyclic N) is 1. The number of likely N-dealkylation sites (tertiary alicyclic amines) is 1. The number of halogens is 2. The molecule has 4 nitrogen and oxygen atoms in total. The summed E-state index contributed by atoms with van der Waals surface area (Å²) >= 11 is 0. The predicted molar refractivity (Wildman–Crippen MR) is 92.6 cm³/mol. The highest BCUT2D eigenvalue weighted by molar-refractivity contribution is 5.25. The number of nitrogens with zero attached hydrogens (tertiary/aromatic N) is 1. The molecule has 25 heavy (non-hydrogen) atoms. The summed E-state index contributed by atoms with van der Waals surface area (Å²) in [5.41, 5.74) is -1.50. The van der Waals surface area contributed by atoms with Gasteiger partial charge < -0.3 is 14.9 Å². The van der Waals surface area contributed by atoms with Crippen LogP contribution in [0.2, 0.25) is 0 Å². The molecule has 1 aliphatic rings. The van der Waals surface area contributed by atoms with E-state index in [1.165, 1.54) is 0 Å². The first-order valence-electron chi connectivity index (χ1n) is 9.12. The summed E-state index contributed by atoms with van der Waals surface area (Å²) in [6.45, 7) is 4.95. The number of hydrogen-bond acceptors (Lipinski definition) is 4. The molecule has 1 saturated heterocycles. The molecule has 2 atom stereocenters. The molecule has 1 heterocycles. The molecule has 6 heteroatoms. The topological polar surface area (TPSA) is 52.9 Å². The van der Waals surface area contributed by atoms with E-state index in [0.717, 1.165) is 43.9 Å². The Morgan fingerprint density at radius 1 is 1.28 bits per heavy atom. The van der Waals surface area contributed by atoms with Crippen LogP contribution >= 0.6 is 0 Å². The maximum atomic E-state index is 13.7. The molecule has 0 spiro atoms. The Morgan fingerprint density at radius 3 is 2.60 bits per heavy atom. The van der Waals surface area contributed by atoms with Gasteiger partial charge in [0.15, 0.2) is 11.6 Å². The van der Waals surface area contributed by atoms with Crippen LogP contribution in [0.25, 0.3) is 0 Å². The molecule has 0 aliphatic carbocycles. The molecule has 1 aromatic rings. The van der Waals surface area contributed by atoms with Gasteiger partial charge in [-0.15, -0.1) is 0 Å². The first-order valence-corrected chi connectivity index (χ1v) is 9.12. The molecule has 0 saturated carbocycles. The van der Waals surface area contributed by atoms with E-state index in [2.05, 4.69) is 18.7 Å². The average molecular weight is 357 g/mol. The molecule has 1 aliphatic heterocycles. The zero-order valence-electron chi connectivity index (χ0n) is 15.0. The van der Waals surface area contributed by atoms with Crippen molar-refractivity contribution in [3.8, 4) is 5.75 Å². The van der Waals surface area contributed by atoms with Crippen LogP contribution in [0.5, 0.6) is 5.75 Å². The Kier molecular flexibility index (Phi) is 7.16. The Morgan fingerprint density at radius 2 is 1.96 bits per heavy atom. The fraction of sp³-hybridized carbons (Fsp3) is 0.684. The van der Waals surface area contributed by atoms with Gasteiger partial charge in [0.2, 0.25) is 0 Å². The highest BCUT2D eigenvalue weighted by atomic mass is 19.1. The van der Waals surface area contributed by atoms with Crippen molar-refractivity contribution < 1.29 is 23.7 Å². The zero-order chi connectivity index (χ0) is 18.4. The second kappa shape index (κ2) is 8.92. The van der Waals surface area contributed by atoms with E-state index >= 15 is 0 Å². The fourth-order valence-corrected chi connectivity index (χ4v) is 3.51. The molecular weight excluding hydrogens is 328 g/mol. The molecule has 0 unspecified atom stereocenters. The van der Waals surface area contributed by atoms with Crippen LogP contribution in [0.15, 0.2) is 18.2 Å². The summed E-state index contributed by atoms with van der Waals surface area (Å²) in [5.74, 6) is -1.56. The van der Waals surface area contributed by atoms with Gasteiger partial charge in [-0.05, 0) is 31.4 Å². The van der Waals surface area contributed by atoms with Gasteiger partial charge in [-0.2, -0.15) is 0 Å². The monoisotopic (exact) mass is 357 g/mol. The first-order chi connectivity index (χ1) is 11.9. The van der Waals surface area contributed by atoms with Crippen molar-refractivity contribution in [2.24, 2.45) is 0 Å². The van der Waals surface area contributed by atoms with Gasteiger partial charge in [0.05, 0.1) is 6.10 Å². The third kappa shape index (κ3) is 5.12. The standard InChI is InChI=1S/C19H29F2NO3/c1-3-5-15(6-4-2)22-10-9-18(23)19(24,12-22)13-25-17-11-14(20)7-8-16(17)21/h7-8,11,15,18,23-24H,3-6,9-10,12-13H2,1-2H3/t18-,19-/m0/s1. The molecule has 0 aromatic heterocycles. The van der Waals surface area contributed by atoms with Crippen molar-refractivity contribution in [3.05, 3.63) is 29.8 Å². The lowest BCUT2D eigenvalue weighted by molar-refractivity contribution is -0.146. The van der Waals surface area contributed by atoms with Crippen molar-refractivity contribution in [1.29, 1.82) is 0 Å². The minimum Gasteiger partial charge on any atom is -0.487 e. The second-order valence-electron chi connectivity index (χ2n) is 6.97. The molecule has 142 valence electrons. The highest BCUT2D eigenvalue weighted by Gasteiger charge is 2.43. The number of aliphatic hydroxyl groups is 2. The average Bonchev–Trinajstić information content (AvgIpc) is 2.58. The van der Waals surface area contributed by atoms with E-state index in [1.807, 2.05) is 0 Å². The Labute approximate surface area is 148 Å². The summed E-state index contributed by atoms with van der Waals surface area (Å²) < 4.78 is 32.3. The van der Waals surface area contributed by atoms with E-state index in [0.29, 0.717) is 19.0 Å².